The molecule has 2 heterocycles. The van der Waals surface area contributed by atoms with Gasteiger partial charge in [-0.2, -0.15) is 0 Å². The fraction of sp³-hybridized carbons (Fsp3) is 0.438. The largest absolute Gasteiger partial charge is 0.333 e. The highest BCUT2D eigenvalue weighted by Crippen LogP contribution is 2.25. The van der Waals surface area contributed by atoms with Crippen LogP contribution in [0.4, 0.5) is 4.79 Å². The van der Waals surface area contributed by atoms with Crippen LogP contribution in [-0.4, -0.2) is 42.5 Å². The molecule has 0 aromatic carbocycles. The number of imide groups is 1. The number of aromatic nitrogens is 4. The van der Waals surface area contributed by atoms with Crippen LogP contribution in [-0.2, 0) is 11.8 Å². The average Bonchev–Trinajstić information content (AvgIpc) is 2.87. The van der Waals surface area contributed by atoms with Crippen LogP contribution in [0.25, 0.3) is 11.4 Å². The van der Waals surface area contributed by atoms with Crippen LogP contribution in [0.2, 0.25) is 0 Å². The molecule has 2 aromatic heterocycles. The van der Waals surface area contributed by atoms with Crippen molar-refractivity contribution in [2.45, 2.75) is 43.6 Å². The third kappa shape index (κ3) is 5.28. The fourth-order valence-corrected chi connectivity index (χ4v) is 2.78. The molecule has 2 aromatic rings. The molecule has 0 aliphatic rings. The number of hydrogen-bond acceptors (Lipinski definition) is 6. The van der Waals surface area contributed by atoms with E-state index in [9.17, 15) is 9.59 Å². The van der Waals surface area contributed by atoms with E-state index in [1.54, 1.807) is 23.9 Å². The number of pyridine rings is 1. The number of hydrogen-bond donors (Lipinski definition) is 2. The summed E-state index contributed by atoms with van der Waals surface area (Å²) in [4.78, 5) is 27.9. The Hall–Kier alpha value is -2.42. The van der Waals surface area contributed by atoms with Gasteiger partial charge < -0.3 is 9.88 Å². The van der Waals surface area contributed by atoms with Crippen LogP contribution in [0.1, 0.15) is 27.7 Å². The molecule has 0 unspecified atom stereocenters. The minimum absolute atomic E-state index is 0.389. The molecular formula is C16H22N6O2S. The summed E-state index contributed by atoms with van der Waals surface area (Å²) >= 11 is 1.24. The molecule has 0 aliphatic heterocycles. The third-order valence-electron chi connectivity index (χ3n) is 3.15. The number of nitrogens with one attached hydrogen (secondary N) is 2. The maximum absolute atomic E-state index is 12.2. The maximum atomic E-state index is 12.2. The lowest BCUT2D eigenvalue weighted by atomic mass is 10.1. The molecule has 0 saturated heterocycles. The molecular weight excluding hydrogens is 340 g/mol. The Bertz CT molecular complexity index is 754. The summed E-state index contributed by atoms with van der Waals surface area (Å²) < 4.78 is 1.80. The van der Waals surface area contributed by atoms with Crippen LogP contribution in [0.15, 0.2) is 29.7 Å². The number of thioether (sulfide) groups is 1. The van der Waals surface area contributed by atoms with Crippen molar-refractivity contribution in [1.29, 1.82) is 0 Å². The first-order valence-corrected chi connectivity index (χ1v) is 8.65. The molecule has 0 fully saturated rings. The third-order valence-corrected chi connectivity index (χ3v) is 4.28. The molecule has 0 radical (unpaired) electrons. The Morgan fingerprint density at radius 1 is 1.20 bits per heavy atom. The molecule has 3 amide bonds. The molecule has 9 heteroatoms. The fourth-order valence-electron chi connectivity index (χ4n) is 1.97. The SMILES string of the molecule is C[C@H](Sc1nnc(-c2ccncc2)n1C)C(=O)NC(=O)NC(C)(C)C. The molecule has 0 bridgehead atoms. The van der Waals surface area contributed by atoms with Crippen molar-refractivity contribution in [3.05, 3.63) is 24.5 Å². The van der Waals surface area contributed by atoms with Gasteiger partial charge in [-0.1, -0.05) is 11.8 Å². The van der Waals surface area contributed by atoms with Gasteiger partial charge in [0.1, 0.15) is 0 Å². The summed E-state index contributed by atoms with van der Waals surface area (Å²) in [6, 6.07) is 3.16. The number of carbonyl (C=O) groups is 2. The van der Waals surface area contributed by atoms with Gasteiger partial charge in [0.15, 0.2) is 11.0 Å². The Balaban J connectivity index is 2.01. The molecule has 0 spiro atoms. The number of urea groups is 1. The standard InChI is InChI=1S/C16H22N6O2S/c1-10(13(23)18-14(24)19-16(2,3)4)25-15-21-20-12(22(15)5)11-6-8-17-9-7-11/h6-10H,1-5H3,(H2,18,19,23,24)/t10-/m0/s1. The maximum Gasteiger partial charge on any atom is 0.321 e. The van der Waals surface area contributed by atoms with E-state index in [0.717, 1.165) is 5.56 Å². The zero-order chi connectivity index (χ0) is 18.6. The van der Waals surface area contributed by atoms with E-state index in [1.807, 2.05) is 40.0 Å². The van der Waals surface area contributed by atoms with Crippen molar-refractivity contribution in [1.82, 2.24) is 30.4 Å². The van der Waals surface area contributed by atoms with Crippen LogP contribution in [0, 0.1) is 0 Å². The summed E-state index contributed by atoms with van der Waals surface area (Å²) in [6.45, 7) is 7.24. The van der Waals surface area contributed by atoms with Gasteiger partial charge in [0, 0.05) is 30.5 Å². The number of rotatable bonds is 4. The Labute approximate surface area is 150 Å². The molecule has 25 heavy (non-hydrogen) atoms. The zero-order valence-electron chi connectivity index (χ0n) is 14.9. The van der Waals surface area contributed by atoms with E-state index in [0.29, 0.717) is 11.0 Å². The topological polar surface area (TPSA) is 102 Å². The van der Waals surface area contributed by atoms with Gasteiger partial charge in [0.05, 0.1) is 5.25 Å². The van der Waals surface area contributed by atoms with E-state index < -0.39 is 16.8 Å². The molecule has 1 atom stereocenters. The van der Waals surface area contributed by atoms with Gasteiger partial charge in [-0.05, 0) is 39.8 Å². The smallest absolute Gasteiger partial charge is 0.321 e. The van der Waals surface area contributed by atoms with Crippen molar-refractivity contribution in [2.75, 3.05) is 0 Å². The number of carbonyl (C=O) groups excluding carboxylic acids is 2. The normalized spacial score (nSPS) is 12.5. The van der Waals surface area contributed by atoms with E-state index >= 15 is 0 Å². The Morgan fingerprint density at radius 3 is 2.44 bits per heavy atom. The summed E-state index contributed by atoms with van der Waals surface area (Å²) in [5.74, 6) is 0.295. The molecule has 0 aliphatic carbocycles. The molecule has 8 nitrogen and oxygen atoms in total. The van der Waals surface area contributed by atoms with Crippen LogP contribution in [0.5, 0.6) is 0 Å². The molecule has 134 valence electrons. The Morgan fingerprint density at radius 2 is 1.84 bits per heavy atom. The van der Waals surface area contributed by atoms with Crippen LogP contribution >= 0.6 is 11.8 Å². The second kappa shape index (κ2) is 7.64. The van der Waals surface area contributed by atoms with Crippen molar-refractivity contribution >= 4 is 23.7 Å². The predicted octanol–water partition coefficient (Wildman–Crippen LogP) is 1.98. The van der Waals surface area contributed by atoms with Crippen molar-refractivity contribution < 1.29 is 9.59 Å². The molecule has 0 saturated carbocycles. The summed E-state index contributed by atoms with van der Waals surface area (Å²) in [5.41, 5.74) is 0.475. The number of amides is 3. The first kappa shape index (κ1) is 18.9. The highest BCUT2D eigenvalue weighted by Gasteiger charge is 2.22. The minimum atomic E-state index is -0.514. The van der Waals surface area contributed by atoms with E-state index in [4.69, 9.17) is 0 Å². The summed E-state index contributed by atoms with van der Waals surface area (Å²) in [6.07, 6.45) is 3.36. The van der Waals surface area contributed by atoms with Crippen molar-refractivity contribution in [3.8, 4) is 11.4 Å². The minimum Gasteiger partial charge on any atom is -0.333 e. The van der Waals surface area contributed by atoms with Crippen molar-refractivity contribution in [2.24, 2.45) is 7.05 Å². The van der Waals surface area contributed by atoms with Crippen LogP contribution in [0.3, 0.4) is 0 Å². The second-order valence-electron chi connectivity index (χ2n) is 6.55. The second-order valence-corrected chi connectivity index (χ2v) is 7.86. The van der Waals surface area contributed by atoms with E-state index in [-0.39, 0.29) is 5.91 Å². The highest BCUT2D eigenvalue weighted by atomic mass is 32.2. The van der Waals surface area contributed by atoms with Crippen LogP contribution < -0.4 is 10.6 Å². The monoisotopic (exact) mass is 362 g/mol. The first-order valence-electron chi connectivity index (χ1n) is 7.77. The van der Waals surface area contributed by atoms with Gasteiger partial charge >= 0.3 is 6.03 Å². The van der Waals surface area contributed by atoms with Gasteiger partial charge in [-0.25, -0.2) is 4.79 Å². The molecule has 2 rings (SSSR count). The van der Waals surface area contributed by atoms with Gasteiger partial charge in [-0.3, -0.25) is 15.1 Å². The summed E-state index contributed by atoms with van der Waals surface area (Å²) in [5, 5.41) is 13.4. The molecule has 2 N–H and O–H groups in total. The first-order chi connectivity index (χ1) is 11.7. The lowest BCUT2D eigenvalue weighted by Gasteiger charge is -2.21. The lowest BCUT2D eigenvalue weighted by Crippen LogP contribution is -2.49. The van der Waals surface area contributed by atoms with Crippen molar-refractivity contribution in [3.63, 3.8) is 0 Å². The van der Waals surface area contributed by atoms with E-state index in [2.05, 4.69) is 25.8 Å². The average molecular weight is 362 g/mol. The van der Waals surface area contributed by atoms with E-state index in [1.165, 1.54) is 11.8 Å². The quantitative estimate of drug-likeness (QED) is 0.807. The zero-order valence-corrected chi connectivity index (χ0v) is 15.7. The number of nitrogens with zero attached hydrogens (tertiary/aromatic N) is 4. The van der Waals surface area contributed by atoms with Gasteiger partial charge in [0.25, 0.3) is 0 Å². The predicted molar refractivity (Wildman–Crippen MR) is 96.0 cm³/mol. The summed E-state index contributed by atoms with van der Waals surface area (Å²) in [7, 11) is 1.83. The Kier molecular flexibility index (Phi) is 5.78. The highest BCUT2D eigenvalue weighted by molar-refractivity contribution is 8.00. The van der Waals surface area contributed by atoms with Gasteiger partial charge in [-0.15, -0.1) is 10.2 Å². The van der Waals surface area contributed by atoms with Gasteiger partial charge in [0.2, 0.25) is 5.91 Å². The lowest BCUT2D eigenvalue weighted by molar-refractivity contribution is -0.119.